The van der Waals surface area contributed by atoms with E-state index in [1.807, 2.05) is 0 Å². The zero-order valence-corrected chi connectivity index (χ0v) is 12.9. The number of carbonyl (C=O) groups is 2. The molecule has 21 heavy (non-hydrogen) atoms. The van der Waals surface area contributed by atoms with Gasteiger partial charge in [-0.2, -0.15) is 0 Å². The number of nitrogens with zero attached hydrogens (tertiary/aromatic N) is 2. The van der Waals surface area contributed by atoms with Gasteiger partial charge >= 0.3 is 12.0 Å². The van der Waals surface area contributed by atoms with E-state index in [4.69, 9.17) is 9.47 Å². The Morgan fingerprint density at radius 3 is 2.19 bits per heavy atom. The lowest BCUT2D eigenvalue weighted by molar-refractivity contribution is -0.150. The number of carbonyl (C=O) groups excluding carboxylic acids is 1. The number of methoxy groups -OCH3 is 2. The van der Waals surface area contributed by atoms with Crippen LogP contribution in [0.4, 0.5) is 4.79 Å². The summed E-state index contributed by atoms with van der Waals surface area (Å²) in [6.45, 7) is 2.97. The van der Waals surface area contributed by atoms with Crippen molar-refractivity contribution in [2.75, 3.05) is 33.9 Å². The first-order valence-corrected chi connectivity index (χ1v) is 7.29. The largest absolute Gasteiger partial charge is 0.480 e. The molecule has 0 saturated carbocycles. The van der Waals surface area contributed by atoms with Crippen LogP contribution in [0.15, 0.2) is 0 Å². The fourth-order valence-corrected chi connectivity index (χ4v) is 3.17. The summed E-state index contributed by atoms with van der Waals surface area (Å²) in [6.07, 6.45) is 1.82. The number of carboxylic acids is 1. The second-order valence-electron chi connectivity index (χ2n) is 5.92. The smallest absolute Gasteiger partial charge is 0.329 e. The molecular formula is C14H24N2O5. The van der Waals surface area contributed by atoms with E-state index >= 15 is 0 Å². The maximum Gasteiger partial charge on any atom is 0.329 e. The molecule has 1 N–H and O–H groups in total. The SMILES string of the molecule is COC1CN(C(=O)N2CCCCC2(C)C(=O)O)CC1OC. The Morgan fingerprint density at radius 2 is 1.71 bits per heavy atom. The van der Waals surface area contributed by atoms with Crippen molar-refractivity contribution in [3.05, 3.63) is 0 Å². The summed E-state index contributed by atoms with van der Waals surface area (Å²) in [5.41, 5.74) is -1.12. The Bertz CT molecular complexity index is 404. The Balaban J connectivity index is 2.13. The molecule has 0 radical (unpaired) electrons. The Hall–Kier alpha value is -1.34. The van der Waals surface area contributed by atoms with Crippen molar-refractivity contribution in [1.82, 2.24) is 9.80 Å². The molecule has 0 bridgehead atoms. The Morgan fingerprint density at radius 1 is 1.14 bits per heavy atom. The summed E-state index contributed by atoms with van der Waals surface area (Å²) in [6, 6.07) is -0.235. The highest BCUT2D eigenvalue weighted by Crippen LogP contribution is 2.30. The first-order chi connectivity index (χ1) is 9.93. The standard InChI is InChI=1S/C14H24N2O5/c1-14(12(17)18)6-4-5-7-16(14)13(19)15-8-10(20-2)11(9-15)21-3/h10-11H,4-9H2,1-3H3,(H,17,18). The normalized spacial score (nSPS) is 33.3. The van der Waals surface area contributed by atoms with Gasteiger partial charge in [-0.3, -0.25) is 0 Å². The highest BCUT2D eigenvalue weighted by molar-refractivity contribution is 5.86. The number of rotatable bonds is 3. The molecule has 3 unspecified atom stereocenters. The van der Waals surface area contributed by atoms with E-state index < -0.39 is 11.5 Å². The third-order valence-electron chi connectivity index (χ3n) is 4.67. The van der Waals surface area contributed by atoms with E-state index in [0.717, 1.165) is 12.8 Å². The number of hydrogen-bond donors (Lipinski definition) is 1. The van der Waals surface area contributed by atoms with Gasteiger partial charge in [-0.1, -0.05) is 0 Å². The van der Waals surface area contributed by atoms with Crippen LogP contribution >= 0.6 is 0 Å². The number of piperidine rings is 1. The van der Waals surface area contributed by atoms with Gasteiger partial charge in [-0.25, -0.2) is 9.59 Å². The quantitative estimate of drug-likeness (QED) is 0.833. The number of ether oxygens (including phenoxy) is 2. The van der Waals surface area contributed by atoms with Crippen LogP contribution in [0, 0.1) is 0 Å². The van der Waals surface area contributed by atoms with Crippen LogP contribution in [-0.4, -0.2) is 78.5 Å². The van der Waals surface area contributed by atoms with Crippen molar-refractivity contribution in [2.24, 2.45) is 0 Å². The minimum Gasteiger partial charge on any atom is -0.480 e. The lowest BCUT2D eigenvalue weighted by Crippen LogP contribution is -2.60. The number of aliphatic carboxylic acids is 1. The monoisotopic (exact) mass is 300 g/mol. The van der Waals surface area contributed by atoms with E-state index in [9.17, 15) is 14.7 Å². The lowest BCUT2D eigenvalue weighted by Gasteiger charge is -2.43. The van der Waals surface area contributed by atoms with Gasteiger partial charge in [0.1, 0.15) is 17.7 Å². The molecule has 120 valence electrons. The predicted octanol–water partition coefficient (Wildman–Crippen LogP) is 0.781. The van der Waals surface area contributed by atoms with Crippen molar-refractivity contribution >= 4 is 12.0 Å². The van der Waals surface area contributed by atoms with E-state index in [-0.39, 0.29) is 18.2 Å². The molecule has 0 aromatic heterocycles. The minimum atomic E-state index is -1.12. The van der Waals surface area contributed by atoms with Crippen molar-refractivity contribution < 1.29 is 24.2 Å². The zero-order valence-electron chi connectivity index (χ0n) is 12.9. The second kappa shape index (κ2) is 6.19. The summed E-state index contributed by atoms with van der Waals surface area (Å²) >= 11 is 0. The van der Waals surface area contributed by atoms with E-state index in [0.29, 0.717) is 26.1 Å². The molecule has 2 fully saturated rings. The van der Waals surface area contributed by atoms with Crippen LogP contribution in [0.3, 0.4) is 0 Å². The molecule has 0 spiro atoms. The van der Waals surface area contributed by atoms with Gasteiger partial charge in [-0.05, 0) is 26.2 Å². The van der Waals surface area contributed by atoms with Gasteiger partial charge in [0.2, 0.25) is 0 Å². The minimum absolute atomic E-state index is 0.167. The average molecular weight is 300 g/mol. The van der Waals surface area contributed by atoms with E-state index in [1.54, 1.807) is 26.0 Å². The molecule has 0 aromatic rings. The Labute approximate surface area is 124 Å². The van der Waals surface area contributed by atoms with Gasteiger partial charge in [0.25, 0.3) is 0 Å². The summed E-state index contributed by atoms with van der Waals surface area (Å²) in [4.78, 5) is 27.4. The molecule has 2 aliphatic rings. The summed E-state index contributed by atoms with van der Waals surface area (Å²) in [5, 5.41) is 9.49. The number of carboxylic acid groups (broad SMARTS) is 1. The molecule has 2 amide bonds. The zero-order chi connectivity index (χ0) is 15.6. The van der Waals surface area contributed by atoms with Crippen molar-refractivity contribution in [3.63, 3.8) is 0 Å². The van der Waals surface area contributed by atoms with Crippen LogP contribution in [0.1, 0.15) is 26.2 Å². The van der Waals surface area contributed by atoms with Gasteiger partial charge < -0.3 is 24.4 Å². The topological polar surface area (TPSA) is 79.3 Å². The molecule has 2 saturated heterocycles. The predicted molar refractivity (Wildman–Crippen MR) is 75.2 cm³/mol. The van der Waals surface area contributed by atoms with E-state index in [2.05, 4.69) is 0 Å². The molecular weight excluding hydrogens is 276 g/mol. The number of amides is 2. The molecule has 2 rings (SSSR count). The summed E-state index contributed by atoms with van der Waals surface area (Å²) in [5.74, 6) is -0.943. The van der Waals surface area contributed by atoms with Crippen LogP contribution in [-0.2, 0) is 14.3 Å². The first kappa shape index (κ1) is 16.0. The van der Waals surface area contributed by atoms with Gasteiger partial charge in [0, 0.05) is 20.8 Å². The maximum atomic E-state index is 12.7. The van der Waals surface area contributed by atoms with Crippen LogP contribution in [0.5, 0.6) is 0 Å². The third-order valence-corrected chi connectivity index (χ3v) is 4.67. The number of urea groups is 1. The second-order valence-corrected chi connectivity index (χ2v) is 5.92. The van der Waals surface area contributed by atoms with Crippen molar-refractivity contribution in [1.29, 1.82) is 0 Å². The summed E-state index contributed by atoms with van der Waals surface area (Å²) in [7, 11) is 3.18. The molecule has 3 atom stereocenters. The molecule has 0 aromatic carbocycles. The molecule has 0 aliphatic carbocycles. The third kappa shape index (κ3) is 2.85. The highest BCUT2D eigenvalue weighted by atomic mass is 16.5. The number of likely N-dealkylation sites (tertiary alicyclic amines) is 2. The van der Waals surface area contributed by atoms with Crippen molar-refractivity contribution in [2.45, 2.75) is 43.9 Å². The maximum absolute atomic E-state index is 12.7. The van der Waals surface area contributed by atoms with Gasteiger partial charge in [0.15, 0.2) is 0 Å². The van der Waals surface area contributed by atoms with Gasteiger partial charge in [-0.15, -0.1) is 0 Å². The fourth-order valence-electron chi connectivity index (χ4n) is 3.17. The van der Waals surface area contributed by atoms with Crippen LogP contribution in [0.2, 0.25) is 0 Å². The number of hydrogen-bond acceptors (Lipinski definition) is 4. The molecule has 7 heteroatoms. The lowest BCUT2D eigenvalue weighted by atomic mass is 9.89. The molecule has 2 aliphatic heterocycles. The molecule has 7 nitrogen and oxygen atoms in total. The van der Waals surface area contributed by atoms with Crippen molar-refractivity contribution in [3.8, 4) is 0 Å². The Kier molecular flexibility index (Phi) is 4.73. The molecule has 2 heterocycles. The highest BCUT2D eigenvalue weighted by Gasteiger charge is 2.47. The fraction of sp³-hybridized carbons (Fsp3) is 0.857. The summed E-state index contributed by atoms with van der Waals surface area (Å²) < 4.78 is 10.7. The van der Waals surface area contributed by atoms with Gasteiger partial charge in [0.05, 0.1) is 13.1 Å². The first-order valence-electron chi connectivity index (χ1n) is 7.29. The average Bonchev–Trinajstić information content (AvgIpc) is 2.90. The van der Waals surface area contributed by atoms with Crippen LogP contribution < -0.4 is 0 Å². The van der Waals surface area contributed by atoms with Crippen LogP contribution in [0.25, 0.3) is 0 Å². The van der Waals surface area contributed by atoms with E-state index in [1.165, 1.54) is 4.90 Å².